The molecule has 3 atom stereocenters. The lowest BCUT2D eigenvalue weighted by Crippen LogP contribution is -2.58. The maximum atomic E-state index is 11.2. The van der Waals surface area contributed by atoms with Gasteiger partial charge in [0, 0.05) is 38.2 Å². The fourth-order valence-electron chi connectivity index (χ4n) is 3.69. The molecule has 0 radical (unpaired) electrons. The van der Waals surface area contributed by atoms with Gasteiger partial charge in [-0.2, -0.15) is 0 Å². The molecule has 0 spiro atoms. The van der Waals surface area contributed by atoms with Crippen molar-refractivity contribution < 1.29 is 19.8 Å². The number of carbonyl (C=O) groups is 2. The molecule has 0 bridgehead atoms. The van der Waals surface area contributed by atoms with E-state index < -0.39 is 5.97 Å². The molecule has 6 nitrogen and oxygen atoms in total. The molecule has 120 valence electrons. The molecule has 0 amide bonds. The predicted octanol–water partition coefficient (Wildman–Crippen LogP) is 0.893. The highest BCUT2D eigenvalue weighted by molar-refractivity contribution is 5.70. The van der Waals surface area contributed by atoms with Crippen LogP contribution in [0.15, 0.2) is 0 Å². The fourth-order valence-corrected chi connectivity index (χ4v) is 3.69. The molecule has 0 aromatic heterocycles. The van der Waals surface area contributed by atoms with Crippen LogP contribution in [0.5, 0.6) is 0 Å². The minimum Gasteiger partial charge on any atom is -0.481 e. The number of aldehydes is 1. The van der Waals surface area contributed by atoms with Crippen LogP contribution in [0.4, 0.5) is 0 Å². The molecule has 2 N–H and O–H groups in total. The first kappa shape index (κ1) is 16.4. The topological polar surface area (TPSA) is 81.1 Å². The van der Waals surface area contributed by atoms with Crippen molar-refractivity contribution in [3.05, 3.63) is 0 Å². The standard InChI is InChI=1S/C15H26N2O4/c18-9-5-13-3-1-2-7-16(13)17-8-4-12(15(20)21)11-14(17)6-10-19/h9,12-14,19H,1-8,10-11H2,(H,20,21). The number of carboxylic acids is 1. The number of piperidine rings is 2. The Morgan fingerprint density at radius 2 is 1.90 bits per heavy atom. The zero-order chi connectivity index (χ0) is 15.2. The van der Waals surface area contributed by atoms with Gasteiger partial charge in [0.25, 0.3) is 0 Å². The van der Waals surface area contributed by atoms with Gasteiger partial charge in [0.2, 0.25) is 0 Å². The van der Waals surface area contributed by atoms with Crippen molar-refractivity contribution in [1.29, 1.82) is 0 Å². The van der Waals surface area contributed by atoms with Crippen LogP contribution in [-0.4, -0.2) is 64.3 Å². The quantitative estimate of drug-likeness (QED) is 0.709. The Morgan fingerprint density at radius 3 is 2.57 bits per heavy atom. The zero-order valence-electron chi connectivity index (χ0n) is 12.5. The third-order valence-electron chi connectivity index (χ3n) is 4.79. The Balaban J connectivity index is 2.07. The third kappa shape index (κ3) is 4.02. The molecule has 21 heavy (non-hydrogen) atoms. The molecular formula is C15H26N2O4. The van der Waals surface area contributed by atoms with E-state index in [1.807, 2.05) is 0 Å². The summed E-state index contributed by atoms with van der Waals surface area (Å²) < 4.78 is 0. The van der Waals surface area contributed by atoms with Crippen LogP contribution in [0, 0.1) is 5.92 Å². The Labute approximate surface area is 125 Å². The van der Waals surface area contributed by atoms with Gasteiger partial charge in [-0.25, -0.2) is 10.0 Å². The zero-order valence-corrected chi connectivity index (χ0v) is 12.5. The van der Waals surface area contributed by atoms with Crippen LogP contribution in [0.1, 0.15) is 44.9 Å². The third-order valence-corrected chi connectivity index (χ3v) is 4.79. The molecule has 2 saturated heterocycles. The summed E-state index contributed by atoms with van der Waals surface area (Å²) in [5.74, 6) is -1.05. The molecule has 2 aliphatic rings. The number of hydrogen-bond donors (Lipinski definition) is 2. The summed E-state index contributed by atoms with van der Waals surface area (Å²) in [6.07, 6.45) is 6.60. The Kier molecular flexibility index (Phi) is 6.14. The molecule has 0 aliphatic carbocycles. The summed E-state index contributed by atoms with van der Waals surface area (Å²) in [7, 11) is 0. The number of rotatable bonds is 6. The molecule has 2 rings (SSSR count). The van der Waals surface area contributed by atoms with Crippen molar-refractivity contribution >= 4 is 12.3 Å². The Bertz CT molecular complexity index is 364. The first-order valence-corrected chi connectivity index (χ1v) is 7.97. The van der Waals surface area contributed by atoms with Gasteiger partial charge >= 0.3 is 5.97 Å². The van der Waals surface area contributed by atoms with Crippen molar-refractivity contribution in [2.75, 3.05) is 19.7 Å². The predicted molar refractivity (Wildman–Crippen MR) is 77.6 cm³/mol. The van der Waals surface area contributed by atoms with Crippen LogP contribution in [0.3, 0.4) is 0 Å². The molecule has 2 fully saturated rings. The average molecular weight is 298 g/mol. The van der Waals surface area contributed by atoms with Crippen molar-refractivity contribution in [2.45, 2.75) is 57.0 Å². The van der Waals surface area contributed by atoms with Crippen LogP contribution in [-0.2, 0) is 9.59 Å². The second-order valence-corrected chi connectivity index (χ2v) is 6.10. The number of aliphatic hydroxyl groups is 1. The second kappa shape index (κ2) is 7.87. The van der Waals surface area contributed by atoms with E-state index in [0.717, 1.165) is 32.1 Å². The van der Waals surface area contributed by atoms with E-state index >= 15 is 0 Å². The van der Waals surface area contributed by atoms with Gasteiger partial charge in [0.05, 0.1) is 5.92 Å². The van der Waals surface area contributed by atoms with Crippen LogP contribution in [0.2, 0.25) is 0 Å². The van der Waals surface area contributed by atoms with Gasteiger partial charge in [-0.15, -0.1) is 0 Å². The van der Waals surface area contributed by atoms with E-state index in [1.165, 1.54) is 0 Å². The van der Waals surface area contributed by atoms with Gasteiger partial charge in [0.1, 0.15) is 6.29 Å². The maximum absolute atomic E-state index is 11.2. The highest BCUT2D eigenvalue weighted by Crippen LogP contribution is 2.30. The lowest BCUT2D eigenvalue weighted by molar-refractivity contribution is -0.156. The van der Waals surface area contributed by atoms with E-state index in [2.05, 4.69) is 10.0 Å². The number of carboxylic acid groups (broad SMARTS) is 1. The normalized spacial score (nSPS) is 32.0. The van der Waals surface area contributed by atoms with E-state index in [4.69, 9.17) is 0 Å². The Morgan fingerprint density at radius 1 is 1.14 bits per heavy atom. The van der Waals surface area contributed by atoms with Crippen LogP contribution < -0.4 is 0 Å². The largest absolute Gasteiger partial charge is 0.481 e. The van der Waals surface area contributed by atoms with Gasteiger partial charge in [-0.05, 0) is 32.1 Å². The number of aliphatic hydroxyl groups excluding tert-OH is 1. The van der Waals surface area contributed by atoms with Crippen molar-refractivity contribution in [2.24, 2.45) is 5.92 Å². The molecular weight excluding hydrogens is 272 g/mol. The molecule has 3 unspecified atom stereocenters. The number of nitrogens with zero attached hydrogens (tertiary/aromatic N) is 2. The fraction of sp³-hybridized carbons (Fsp3) is 0.867. The first-order valence-electron chi connectivity index (χ1n) is 7.97. The van der Waals surface area contributed by atoms with E-state index in [-0.39, 0.29) is 24.6 Å². The molecule has 6 heteroatoms. The number of hydrazine groups is 1. The summed E-state index contributed by atoms with van der Waals surface area (Å²) in [6.45, 7) is 1.70. The van der Waals surface area contributed by atoms with E-state index in [0.29, 0.717) is 32.2 Å². The highest BCUT2D eigenvalue weighted by Gasteiger charge is 2.37. The highest BCUT2D eigenvalue weighted by atomic mass is 16.4. The van der Waals surface area contributed by atoms with E-state index in [9.17, 15) is 19.8 Å². The molecule has 2 heterocycles. The number of carbonyl (C=O) groups excluding carboxylic acids is 1. The maximum Gasteiger partial charge on any atom is 0.306 e. The van der Waals surface area contributed by atoms with Crippen LogP contribution >= 0.6 is 0 Å². The minimum atomic E-state index is -0.735. The second-order valence-electron chi connectivity index (χ2n) is 6.10. The lowest BCUT2D eigenvalue weighted by Gasteiger charge is -2.49. The van der Waals surface area contributed by atoms with Gasteiger partial charge < -0.3 is 15.0 Å². The summed E-state index contributed by atoms with van der Waals surface area (Å²) >= 11 is 0. The van der Waals surface area contributed by atoms with Gasteiger partial charge in [-0.1, -0.05) is 6.42 Å². The van der Waals surface area contributed by atoms with Gasteiger partial charge in [0.15, 0.2) is 0 Å². The molecule has 0 aromatic rings. The number of hydrogen-bond acceptors (Lipinski definition) is 5. The van der Waals surface area contributed by atoms with Gasteiger partial charge in [-0.3, -0.25) is 4.79 Å². The summed E-state index contributed by atoms with van der Waals surface area (Å²) in [5.41, 5.74) is 0. The van der Waals surface area contributed by atoms with Crippen LogP contribution in [0.25, 0.3) is 0 Å². The average Bonchev–Trinajstić information content (AvgIpc) is 2.48. The minimum absolute atomic E-state index is 0.0668. The van der Waals surface area contributed by atoms with Crippen molar-refractivity contribution in [1.82, 2.24) is 10.0 Å². The molecule has 2 aliphatic heterocycles. The van der Waals surface area contributed by atoms with Crippen molar-refractivity contribution in [3.63, 3.8) is 0 Å². The Hall–Kier alpha value is -0.980. The van der Waals surface area contributed by atoms with Crippen molar-refractivity contribution in [3.8, 4) is 0 Å². The monoisotopic (exact) mass is 298 g/mol. The van der Waals surface area contributed by atoms with E-state index in [1.54, 1.807) is 0 Å². The smallest absolute Gasteiger partial charge is 0.306 e. The molecule has 0 saturated carbocycles. The summed E-state index contributed by atoms with van der Waals surface area (Å²) in [5, 5.41) is 23.0. The molecule has 0 aromatic carbocycles. The SMILES string of the molecule is O=CCC1CCCCN1N1CCC(C(=O)O)CC1CCO. The first-order chi connectivity index (χ1) is 10.2. The summed E-state index contributed by atoms with van der Waals surface area (Å²) in [4.78, 5) is 22.1. The summed E-state index contributed by atoms with van der Waals surface area (Å²) in [6, 6.07) is 0.302. The number of aliphatic carboxylic acids is 1. The lowest BCUT2D eigenvalue weighted by atomic mass is 9.90.